The van der Waals surface area contributed by atoms with Crippen LogP contribution in [0.4, 0.5) is 14.7 Å². The maximum atomic E-state index is 13.4. The Hall–Kier alpha value is -2.55. The van der Waals surface area contributed by atoms with Gasteiger partial charge in [-0.2, -0.15) is 5.26 Å². The largest absolute Gasteiger partial charge is 0.391 e. The van der Waals surface area contributed by atoms with E-state index in [1.807, 2.05) is 0 Å². The number of amides is 1. The fourth-order valence-electron chi connectivity index (χ4n) is 6.14. The maximum Gasteiger partial charge on any atom is 0.252 e. The predicted octanol–water partition coefficient (Wildman–Crippen LogP) is 2.47. The van der Waals surface area contributed by atoms with Crippen LogP contribution < -0.4 is 11.5 Å². The monoisotopic (exact) mass is 507 g/mol. The number of β-amino-alcohol motifs (C(OH)–C–C–N with tert-alkyl or cyclic N) is 1. The molecular weight excluding hydrogens is 480 g/mol. The lowest BCUT2D eigenvalue weighted by Crippen LogP contribution is -2.68. The van der Waals surface area contributed by atoms with E-state index in [1.54, 1.807) is 4.52 Å². The number of aromatic nitrogens is 3. The lowest BCUT2D eigenvalue weighted by atomic mass is 9.64. The molecule has 0 aromatic carbocycles. The molecule has 2 saturated carbocycles. The second-order valence-corrected chi connectivity index (χ2v) is 10.7. The number of hydrogen-bond acceptors (Lipinski definition) is 7. The molecule has 3 fully saturated rings. The number of nitriles is 1. The molecule has 1 saturated heterocycles. The first-order valence-electron chi connectivity index (χ1n) is 11.9. The second-order valence-electron chi connectivity index (χ2n) is 10.3. The normalized spacial score (nSPS) is 26.6. The molecule has 2 aromatic rings. The van der Waals surface area contributed by atoms with Gasteiger partial charge in [-0.25, -0.2) is 18.3 Å². The zero-order chi connectivity index (χ0) is 25.3. The first-order chi connectivity index (χ1) is 16.5. The third-order valence-corrected chi connectivity index (χ3v) is 8.53. The predicted molar refractivity (Wildman–Crippen MR) is 124 cm³/mol. The summed E-state index contributed by atoms with van der Waals surface area (Å²) < 4.78 is 28.4. The van der Waals surface area contributed by atoms with Crippen molar-refractivity contribution < 1.29 is 18.7 Å². The number of alkyl halides is 2. The van der Waals surface area contributed by atoms with Crippen molar-refractivity contribution in [1.29, 1.82) is 5.26 Å². The number of fused-ring (bicyclic) bond motifs is 1. The average molecular weight is 508 g/mol. The molecule has 2 unspecified atom stereocenters. The van der Waals surface area contributed by atoms with Crippen molar-refractivity contribution in [1.82, 2.24) is 19.5 Å². The molecule has 3 heterocycles. The zero-order valence-electron chi connectivity index (χ0n) is 19.4. The molecular formula is C23H28ClF2N7O2. The van der Waals surface area contributed by atoms with Crippen molar-refractivity contribution in [2.24, 2.45) is 5.73 Å². The second kappa shape index (κ2) is 7.98. The number of rotatable bonds is 4. The summed E-state index contributed by atoms with van der Waals surface area (Å²) in [5.41, 5.74) is 12.1. The van der Waals surface area contributed by atoms with Gasteiger partial charge in [0.05, 0.1) is 28.1 Å². The number of nitrogen functional groups attached to an aromatic ring is 1. The summed E-state index contributed by atoms with van der Waals surface area (Å²) in [6, 6.07) is 2.23. The lowest BCUT2D eigenvalue weighted by Gasteiger charge is -2.47. The third kappa shape index (κ3) is 3.57. The van der Waals surface area contributed by atoms with E-state index in [9.17, 15) is 23.9 Å². The van der Waals surface area contributed by atoms with Gasteiger partial charge in [-0.3, -0.25) is 4.79 Å². The Morgan fingerprint density at radius 1 is 1.37 bits per heavy atom. The van der Waals surface area contributed by atoms with Crippen LogP contribution in [0.1, 0.15) is 74.7 Å². The fourth-order valence-corrected chi connectivity index (χ4v) is 6.45. The quantitative estimate of drug-likeness (QED) is 0.576. The minimum Gasteiger partial charge on any atom is -0.391 e. The highest BCUT2D eigenvalue weighted by atomic mass is 35.5. The SMILES string of the molecule is CCC1(c2c(C#N)c(Cl)c3c(C4CCN(C(=O)C5(N)CC(F)(F)C5)CC4O)nc(N)nn23)CCC1. The summed E-state index contributed by atoms with van der Waals surface area (Å²) >= 11 is 6.73. The van der Waals surface area contributed by atoms with Gasteiger partial charge in [-0.1, -0.05) is 24.9 Å². The molecule has 1 amide bonds. The minimum absolute atomic E-state index is 0.0150. The molecule has 35 heavy (non-hydrogen) atoms. The summed E-state index contributed by atoms with van der Waals surface area (Å²) in [5.74, 6) is -4.09. The molecule has 1 aliphatic heterocycles. The minimum atomic E-state index is -2.94. The number of likely N-dealkylation sites (tertiary alicyclic amines) is 1. The van der Waals surface area contributed by atoms with Crippen molar-refractivity contribution in [3.8, 4) is 6.07 Å². The van der Waals surface area contributed by atoms with E-state index < -0.39 is 42.2 Å². The average Bonchev–Trinajstić information content (AvgIpc) is 3.02. The highest BCUT2D eigenvalue weighted by Gasteiger charge is 2.60. The van der Waals surface area contributed by atoms with Crippen LogP contribution in [0.5, 0.6) is 0 Å². The first kappa shape index (κ1) is 24.2. The van der Waals surface area contributed by atoms with E-state index in [0.29, 0.717) is 23.2 Å². The van der Waals surface area contributed by atoms with E-state index in [4.69, 9.17) is 23.1 Å². The summed E-state index contributed by atoms with van der Waals surface area (Å²) in [6.45, 7) is 2.19. The van der Waals surface area contributed by atoms with Gasteiger partial charge >= 0.3 is 0 Å². The molecule has 5 rings (SSSR count). The number of nitrogens with two attached hydrogens (primary N) is 2. The van der Waals surface area contributed by atoms with Crippen molar-refractivity contribution in [2.45, 2.75) is 80.8 Å². The Morgan fingerprint density at radius 3 is 2.57 bits per heavy atom. The van der Waals surface area contributed by atoms with Crippen molar-refractivity contribution >= 4 is 29.0 Å². The Kier molecular flexibility index (Phi) is 5.51. The van der Waals surface area contributed by atoms with Crippen molar-refractivity contribution in [3.05, 3.63) is 22.0 Å². The van der Waals surface area contributed by atoms with Crippen LogP contribution in [0.25, 0.3) is 5.52 Å². The standard InChI is InChI=1S/C23H28ClF2N7O2/c1-2-21(5-3-6-21)18-13(8-27)15(24)17-16(30-20(28)31-33(17)18)12-4-7-32(9-14(12)34)19(35)22(29)10-23(25,26)11-22/h12,14,34H,2-7,9-11,29H2,1H3,(H2,28,31). The van der Waals surface area contributed by atoms with E-state index >= 15 is 0 Å². The number of carbonyl (C=O) groups excluding carboxylic acids is 1. The molecule has 9 nitrogen and oxygen atoms in total. The summed E-state index contributed by atoms with van der Waals surface area (Å²) in [7, 11) is 0. The first-order valence-corrected chi connectivity index (χ1v) is 12.3. The van der Waals surface area contributed by atoms with Crippen LogP contribution >= 0.6 is 11.6 Å². The number of aliphatic hydroxyl groups excluding tert-OH is 1. The molecule has 0 bridgehead atoms. The molecule has 3 aliphatic rings. The van der Waals surface area contributed by atoms with Crippen LogP contribution in [0.3, 0.4) is 0 Å². The molecule has 0 spiro atoms. The highest BCUT2D eigenvalue weighted by Crippen LogP contribution is 2.50. The smallest absolute Gasteiger partial charge is 0.252 e. The number of nitrogens with zero attached hydrogens (tertiary/aromatic N) is 5. The van der Waals surface area contributed by atoms with Gasteiger partial charge in [0.2, 0.25) is 11.9 Å². The Labute approximate surface area is 206 Å². The van der Waals surface area contributed by atoms with Gasteiger partial charge in [-0.05, 0) is 25.7 Å². The topological polar surface area (TPSA) is 147 Å². The molecule has 2 aromatic heterocycles. The van der Waals surface area contributed by atoms with Gasteiger partial charge in [0.15, 0.2) is 0 Å². The molecule has 5 N–H and O–H groups in total. The van der Waals surface area contributed by atoms with Crippen molar-refractivity contribution in [2.75, 3.05) is 18.8 Å². The molecule has 0 radical (unpaired) electrons. The van der Waals surface area contributed by atoms with Gasteiger partial charge in [0, 0.05) is 37.3 Å². The number of piperidine rings is 1. The molecule has 2 atom stereocenters. The third-order valence-electron chi connectivity index (χ3n) is 8.16. The van der Waals surface area contributed by atoms with E-state index in [0.717, 1.165) is 31.4 Å². The number of anilines is 1. The van der Waals surface area contributed by atoms with E-state index in [2.05, 4.69) is 23.1 Å². The fraction of sp³-hybridized carbons (Fsp3) is 0.652. The number of halogens is 3. The molecule has 12 heteroatoms. The summed E-state index contributed by atoms with van der Waals surface area (Å²) in [6.07, 6.45) is 1.50. The number of carbonyl (C=O) groups is 1. The summed E-state index contributed by atoms with van der Waals surface area (Å²) in [5, 5.41) is 25.6. The van der Waals surface area contributed by atoms with Crippen LogP contribution in [0.15, 0.2) is 0 Å². The highest BCUT2D eigenvalue weighted by molar-refractivity contribution is 6.35. The van der Waals surface area contributed by atoms with Gasteiger partial charge in [0.1, 0.15) is 17.1 Å². The lowest BCUT2D eigenvalue weighted by molar-refractivity contribution is -0.168. The maximum absolute atomic E-state index is 13.4. The van der Waals surface area contributed by atoms with Gasteiger partial charge in [0.25, 0.3) is 5.92 Å². The zero-order valence-corrected chi connectivity index (χ0v) is 20.2. The molecule has 188 valence electrons. The van der Waals surface area contributed by atoms with Gasteiger partial charge in [-0.15, -0.1) is 5.10 Å². The van der Waals surface area contributed by atoms with Gasteiger partial charge < -0.3 is 21.5 Å². The van der Waals surface area contributed by atoms with Crippen LogP contribution in [-0.2, 0) is 10.2 Å². The summed E-state index contributed by atoms with van der Waals surface area (Å²) in [4.78, 5) is 18.6. The Bertz CT molecular complexity index is 1240. The van der Waals surface area contributed by atoms with Crippen LogP contribution in [-0.4, -0.2) is 61.2 Å². The number of aliphatic hydroxyl groups is 1. The van der Waals surface area contributed by atoms with E-state index in [1.165, 1.54) is 4.90 Å². The molecule has 2 aliphatic carbocycles. The Morgan fingerprint density at radius 2 is 2.06 bits per heavy atom. The van der Waals surface area contributed by atoms with Crippen molar-refractivity contribution in [3.63, 3.8) is 0 Å². The Balaban J connectivity index is 1.50. The number of hydrogen-bond donors (Lipinski definition) is 3. The van der Waals surface area contributed by atoms with E-state index in [-0.39, 0.29) is 29.5 Å². The van der Waals surface area contributed by atoms with Crippen LogP contribution in [0.2, 0.25) is 5.02 Å². The van der Waals surface area contributed by atoms with Crippen LogP contribution in [0, 0.1) is 11.3 Å².